The summed E-state index contributed by atoms with van der Waals surface area (Å²) in [7, 11) is -2.94. The highest BCUT2D eigenvalue weighted by molar-refractivity contribution is 7.90. The number of guanidine groups is 1. The Bertz CT molecular complexity index is 516. The molecule has 7 nitrogen and oxygen atoms in total. The van der Waals surface area contributed by atoms with E-state index in [2.05, 4.69) is 15.2 Å². The van der Waals surface area contributed by atoms with Crippen LogP contribution in [-0.4, -0.2) is 56.1 Å². The SMILES string of the molecule is CS(=O)(=O)CCN1CCCC1CC1(N)C=CNC(N)=N1. The summed E-state index contributed by atoms with van der Waals surface area (Å²) in [6, 6.07) is 0.251. The molecule has 0 aromatic rings. The molecule has 0 aromatic heterocycles. The number of hydrogen-bond acceptors (Lipinski definition) is 7. The summed E-state index contributed by atoms with van der Waals surface area (Å²) >= 11 is 0. The molecular weight excluding hydrogens is 278 g/mol. The summed E-state index contributed by atoms with van der Waals surface area (Å²) in [4.78, 5) is 6.44. The second kappa shape index (κ2) is 5.71. The van der Waals surface area contributed by atoms with Crippen LogP contribution in [0.3, 0.4) is 0 Å². The molecule has 0 aromatic carbocycles. The van der Waals surface area contributed by atoms with E-state index in [4.69, 9.17) is 11.5 Å². The lowest BCUT2D eigenvalue weighted by Crippen LogP contribution is -2.48. The van der Waals surface area contributed by atoms with Crippen LogP contribution >= 0.6 is 0 Å². The Morgan fingerprint density at radius 2 is 2.35 bits per heavy atom. The fourth-order valence-electron chi connectivity index (χ4n) is 2.76. The highest BCUT2D eigenvalue weighted by atomic mass is 32.2. The lowest BCUT2D eigenvalue weighted by molar-refractivity contribution is 0.230. The Hall–Kier alpha value is -1.12. The number of hydrogen-bond donors (Lipinski definition) is 3. The van der Waals surface area contributed by atoms with Crippen molar-refractivity contribution in [1.82, 2.24) is 10.2 Å². The van der Waals surface area contributed by atoms with E-state index in [1.165, 1.54) is 6.26 Å². The van der Waals surface area contributed by atoms with E-state index in [0.717, 1.165) is 19.4 Å². The molecule has 8 heteroatoms. The van der Waals surface area contributed by atoms with Crippen LogP contribution in [0.15, 0.2) is 17.3 Å². The monoisotopic (exact) mass is 301 g/mol. The van der Waals surface area contributed by atoms with Gasteiger partial charge in [0.25, 0.3) is 0 Å². The van der Waals surface area contributed by atoms with Crippen molar-refractivity contribution in [2.75, 3.05) is 25.1 Å². The van der Waals surface area contributed by atoms with Gasteiger partial charge in [-0.3, -0.25) is 4.90 Å². The molecule has 0 spiro atoms. The average Bonchev–Trinajstić information content (AvgIpc) is 2.71. The van der Waals surface area contributed by atoms with Gasteiger partial charge in [-0.25, -0.2) is 13.4 Å². The molecule has 2 unspecified atom stereocenters. The number of aliphatic imine (C=N–C) groups is 1. The standard InChI is InChI=1S/C12H23N5O2S/c1-20(18,19)8-7-17-6-2-3-10(17)9-12(14)4-5-15-11(13)16-12/h4-5,10H,2-3,6-9,14H2,1H3,(H3,13,15,16). The zero-order valence-corrected chi connectivity index (χ0v) is 12.6. The maximum absolute atomic E-state index is 11.3. The van der Waals surface area contributed by atoms with Gasteiger partial charge in [0.05, 0.1) is 5.75 Å². The lowest BCUT2D eigenvalue weighted by atomic mass is 9.99. The van der Waals surface area contributed by atoms with Crippen LogP contribution < -0.4 is 16.8 Å². The van der Waals surface area contributed by atoms with Gasteiger partial charge in [-0.15, -0.1) is 0 Å². The van der Waals surface area contributed by atoms with Crippen LogP contribution in [0.1, 0.15) is 19.3 Å². The minimum atomic E-state index is -2.94. The first-order chi connectivity index (χ1) is 9.27. The van der Waals surface area contributed by atoms with Crippen LogP contribution in [0, 0.1) is 0 Å². The molecule has 1 saturated heterocycles. The van der Waals surface area contributed by atoms with Crippen LogP contribution in [0.4, 0.5) is 0 Å². The second-order valence-corrected chi connectivity index (χ2v) is 7.89. The Balaban J connectivity index is 1.97. The Labute approximate surface area is 120 Å². The number of sulfone groups is 1. The highest BCUT2D eigenvalue weighted by Gasteiger charge is 2.33. The van der Waals surface area contributed by atoms with Crippen molar-refractivity contribution in [3.8, 4) is 0 Å². The third kappa shape index (κ3) is 4.19. The molecule has 2 atom stereocenters. The molecule has 2 rings (SSSR count). The summed E-state index contributed by atoms with van der Waals surface area (Å²) in [5, 5.41) is 2.79. The van der Waals surface area contributed by atoms with Gasteiger partial charge < -0.3 is 16.8 Å². The van der Waals surface area contributed by atoms with Crippen molar-refractivity contribution in [2.45, 2.75) is 31.0 Å². The molecule has 0 radical (unpaired) electrons. The molecule has 0 aliphatic carbocycles. The first-order valence-corrected chi connectivity index (χ1v) is 8.84. The zero-order chi connectivity index (χ0) is 14.8. The average molecular weight is 301 g/mol. The van der Waals surface area contributed by atoms with Crippen LogP contribution in [-0.2, 0) is 9.84 Å². The van der Waals surface area contributed by atoms with E-state index in [0.29, 0.717) is 18.9 Å². The van der Waals surface area contributed by atoms with E-state index in [1.54, 1.807) is 12.3 Å². The number of nitrogens with two attached hydrogens (primary N) is 2. The Morgan fingerprint density at radius 3 is 3.00 bits per heavy atom. The smallest absolute Gasteiger partial charge is 0.194 e. The van der Waals surface area contributed by atoms with E-state index in [9.17, 15) is 8.42 Å². The number of rotatable bonds is 5. The lowest BCUT2D eigenvalue weighted by Gasteiger charge is -2.32. The fourth-order valence-corrected chi connectivity index (χ4v) is 3.33. The van der Waals surface area contributed by atoms with Gasteiger partial charge in [0, 0.05) is 31.5 Å². The van der Waals surface area contributed by atoms with Gasteiger partial charge in [-0.05, 0) is 25.5 Å². The van der Waals surface area contributed by atoms with Crippen LogP contribution in [0.2, 0.25) is 0 Å². The van der Waals surface area contributed by atoms with Crippen molar-refractivity contribution in [1.29, 1.82) is 0 Å². The summed E-state index contributed by atoms with van der Waals surface area (Å²) in [5.41, 5.74) is 11.1. The summed E-state index contributed by atoms with van der Waals surface area (Å²) in [6.45, 7) is 1.47. The van der Waals surface area contributed by atoms with E-state index >= 15 is 0 Å². The third-order valence-corrected chi connectivity index (χ3v) is 4.67. The number of nitrogens with zero attached hydrogens (tertiary/aromatic N) is 2. The van der Waals surface area contributed by atoms with Gasteiger partial charge in [-0.2, -0.15) is 0 Å². The predicted molar refractivity (Wildman–Crippen MR) is 79.7 cm³/mol. The van der Waals surface area contributed by atoms with Crippen molar-refractivity contribution < 1.29 is 8.42 Å². The van der Waals surface area contributed by atoms with Crippen molar-refractivity contribution >= 4 is 15.8 Å². The number of likely N-dealkylation sites (tertiary alicyclic amines) is 1. The highest BCUT2D eigenvalue weighted by Crippen LogP contribution is 2.26. The molecule has 114 valence electrons. The predicted octanol–water partition coefficient (Wildman–Crippen LogP) is -1.03. The molecule has 1 fully saturated rings. The molecule has 0 bridgehead atoms. The van der Waals surface area contributed by atoms with Crippen LogP contribution in [0.5, 0.6) is 0 Å². The van der Waals surface area contributed by atoms with Crippen molar-refractivity contribution in [2.24, 2.45) is 16.5 Å². The third-order valence-electron chi connectivity index (χ3n) is 3.74. The Kier molecular flexibility index (Phi) is 4.36. The minimum Gasteiger partial charge on any atom is -0.370 e. The summed E-state index contributed by atoms with van der Waals surface area (Å²) in [6.07, 6.45) is 7.50. The maximum Gasteiger partial charge on any atom is 0.194 e. The molecule has 2 aliphatic rings. The van der Waals surface area contributed by atoms with Crippen molar-refractivity contribution in [3.05, 3.63) is 12.3 Å². The van der Waals surface area contributed by atoms with Crippen LogP contribution in [0.25, 0.3) is 0 Å². The fraction of sp³-hybridized carbons (Fsp3) is 0.750. The zero-order valence-electron chi connectivity index (χ0n) is 11.7. The maximum atomic E-state index is 11.3. The van der Waals surface area contributed by atoms with E-state index in [1.807, 2.05) is 0 Å². The summed E-state index contributed by atoms with van der Waals surface area (Å²) < 4.78 is 22.6. The number of nitrogens with one attached hydrogen (secondary N) is 1. The van der Waals surface area contributed by atoms with Gasteiger partial charge >= 0.3 is 0 Å². The first-order valence-electron chi connectivity index (χ1n) is 6.78. The Morgan fingerprint density at radius 1 is 1.60 bits per heavy atom. The largest absolute Gasteiger partial charge is 0.370 e. The molecule has 2 aliphatic heterocycles. The van der Waals surface area contributed by atoms with E-state index in [-0.39, 0.29) is 11.8 Å². The first kappa shape index (κ1) is 15.3. The molecule has 2 heterocycles. The topological polar surface area (TPSA) is 114 Å². The molecule has 0 saturated carbocycles. The minimum absolute atomic E-state index is 0.184. The molecule has 20 heavy (non-hydrogen) atoms. The molecular formula is C12H23N5O2S. The van der Waals surface area contributed by atoms with Gasteiger partial charge in [-0.1, -0.05) is 0 Å². The van der Waals surface area contributed by atoms with E-state index < -0.39 is 15.5 Å². The normalized spacial score (nSPS) is 31.1. The summed E-state index contributed by atoms with van der Waals surface area (Å²) in [5.74, 6) is 0.500. The van der Waals surface area contributed by atoms with Gasteiger partial charge in [0.1, 0.15) is 15.5 Å². The van der Waals surface area contributed by atoms with Crippen molar-refractivity contribution in [3.63, 3.8) is 0 Å². The van der Waals surface area contributed by atoms with Gasteiger partial charge in [0.2, 0.25) is 0 Å². The van der Waals surface area contributed by atoms with Gasteiger partial charge in [0.15, 0.2) is 5.96 Å². The second-order valence-electron chi connectivity index (χ2n) is 5.63. The quantitative estimate of drug-likeness (QED) is 0.598. The molecule has 5 N–H and O–H groups in total. The molecule has 0 amide bonds.